The number of rotatable bonds is 8. The van der Waals surface area contributed by atoms with Gasteiger partial charge in [-0.05, 0) is 36.8 Å². The molecule has 0 aromatic heterocycles. The number of sulfone groups is 1. The molecule has 3 rings (SSSR count). The van der Waals surface area contributed by atoms with Crippen molar-refractivity contribution >= 4 is 37.6 Å². The Kier molecular flexibility index (Phi) is 6.61. The lowest BCUT2D eigenvalue weighted by Gasteiger charge is -2.32. The van der Waals surface area contributed by atoms with Crippen LogP contribution in [0.2, 0.25) is 0 Å². The molecule has 31 heavy (non-hydrogen) atoms. The number of halogens is 1. The van der Waals surface area contributed by atoms with E-state index in [1.807, 2.05) is 0 Å². The van der Waals surface area contributed by atoms with Crippen LogP contribution < -0.4 is 15.2 Å². The molecule has 0 saturated carbocycles. The molecule has 2 amide bonds. The Bertz CT molecular complexity index is 1130. The quantitative estimate of drug-likeness (QED) is 0.583. The molecule has 1 aliphatic heterocycles. The van der Waals surface area contributed by atoms with Crippen molar-refractivity contribution in [1.82, 2.24) is 4.90 Å². The summed E-state index contributed by atoms with van der Waals surface area (Å²) in [6.45, 7) is 2.16. The fraction of sp³-hybridized carbons (Fsp3) is 0.333. The summed E-state index contributed by atoms with van der Waals surface area (Å²) in [5, 5.41) is 0. The maximum absolute atomic E-state index is 13.3. The normalized spacial score (nSPS) is 16.7. The Hall–Kier alpha value is -2.59. The zero-order valence-electron chi connectivity index (χ0n) is 17.2. The Labute approximate surface area is 189 Å². The SMILES string of the molecule is CCOc1cc(C(CS(C)(=O)=O)N2C(=O)c3[c]ccc(Br)c3C2C(N)=O)ccc1OC. The predicted octanol–water partition coefficient (Wildman–Crippen LogP) is 2.42. The molecule has 0 fully saturated rings. The van der Waals surface area contributed by atoms with Crippen molar-refractivity contribution < 1.29 is 27.5 Å². The minimum Gasteiger partial charge on any atom is -0.493 e. The fourth-order valence-electron chi connectivity index (χ4n) is 3.71. The number of primary amides is 1. The number of carbonyl (C=O) groups excluding carboxylic acids is 2. The molecule has 1 heterocycles. The zero-order chi connectivity index (χ0) is 22.9. The third-order valence-electron chi connectivity index (χ3n) is 4.92. The Morgan fingerprint density at radius 3 is 2.61 bits per heavy atom. The third-order valence-corrected chi connectivity index (χ3v) is 6.53. The first-order valence-corrected chi connectivity index (χ1v) is 12.2. The maximum atomic E-state index is 13.3. The molecule has 165 valence electrons. The monoisotopic (exact) mass is 509 g/mol. The lowest BCUT2D eigenvalue weighted by Crippen LogP contribution is -2.41. The van der Waals surface area contributed by atoms with Crippen LogP contribution in [0, 0.1) is 6.07 Å². The van der Waals surface area contributed by atoms with Gasteiger partial charge in [0, 0.05) is 16.3 Å². The van der Waals surface area contributed by atoms with Gasteiger partial charge in [0.2, 0.25) is 5.91 Å². The topological polar surface area (TPSA) is 116 Å². The van der Waals surface area contributed by atoms with E-state index in [1.54, 1.807) is 37.3 Å². The van der Waals surface area contributed by atoms with E-state index in [-0.39, 0.29) is 5.56 Å². The molecule has 0 spiro atoms. The summed E-state index contributed by atoms with van der Waals surface area (Å²) in [6, 6.07) is 8.80. The van der Waals surface area contributed by atoms with Gasteiger partial charge in [0.05, 0.1) is 31.1 Å². The fourth-order valence-corrected chi connectivity index (χ4v) is 5.18. The molecule has 0 bridgehead atoms. The Morgan fingerprint density at radius 1 is 1.32 bits per heavy atom. The first kappa shape index (κ1) is 23.1. The molecule has 0 saturated heterocycles. The lowest BCUT2D eigenvalue weighted by atomic mass is 10.0. The van der Waals surface area contributed by atoms with Crippen LogP contribution in [0.4, 0.5) is 0 Å². The first-order chi connectivity index (χ1) is 14.6. The van der Waals surface area contributed by atoms with Gasteiger partial charge in [0.25, 0.3) is 5.91 Å². The molecule has 2 unspecified atom stereocenters. The highest BCUT2D eigenvalue weighted by Crippen LogP contribution is 2.44. The zero-order valence-corrected chi connectivity index (χ0v) is 19.6. The van der Waals surface area contributed by atoms with Crippen molar-refractivity contribution in [3.8, 4) is 11.5 Å². The molecule has 10 heteroatoms. The number of amides is 2. The largest absolute Gasteiger partial charge is 0.493 e. The van der Waals surface area contributed by atoms with Crippen LogP contribution in [0.1, 0.15) is 40.5 Å². The van der Waals surface area contributed by atoms with Crippen LogP contribution in [-0.2, 0) is 14.6 Å². The minimum absolute atomic E-state index is 0.176. The summed E-state index contributed by atoms with van der Waals surface area (Å²) >= 11 is 3.37. The van der Waals surface area contributed by atoms with Crippen LogP contribution in [-0.4, -0.2) is 50.9 Å². The van der Waals surface area contributed by atoms with Crippen molar-refractivity contribution in [3.63, 3.8) is 0 Å². The van der Waals surface area contributed by atoms with Gasteiger partial charge in [0.1, 0.15) is 15.9 Å². The highest BCUT2D eigenvalue weighted by atomic mass is 79.9. The number of benzene rings is 2. The van der Waals surface area contributed by atoms with E-state index in [2.05, 4.69) is 22.0 Å². The number of fused-ring (bicyclic) bond motifs is 1. The Morgan fingerprint density at radius 2 is 2.03 bits per heavy atom. The molecule has 1 radical (unpaired) electrons. The average molecular weight is 510 g/mol. The van der Waals surface area contributed by atoms with Gasteiger partial charge in [-0.3, -0.25) is 9.59 Å². The third kappa shape index (κ3) is 4.54. The highest BCUT2D eigenvalue weighted by Gasteiger charge is 2.46. The van der Waals surface area contributed by atoms with Crippen molar-refractivity contribution in [3.05, 3.63) is 57.6 Å². The molecule has 2 N–H and O–H groups in total. The number of hydrogen-bond donors (Lipinski definition) is 1. The van der Waals surface area contributed by atoms with Gasteiger partial charge in [-0.25, -0.2) is 8.42 Å². The van der Waals surface area contributed by atoms with E-state index in [1.165, 1.54) is 12.0 Å². The molecular weight excluding hydrogens is 488 g/mol. The molecule has 2 atom stereocenters. The van der Waals surface area contributed by atoms with E-state index in [9.17, 15) is 18.0 Å². The Balaban J connectivity index is 2.20. The molecule has 2 aromatic carbocycles. The summed E-state index contributed by atoms with van der Waals surface area (Å²) in [4.78, 5) is 27.0. The van der Waals surface area contributed by atoms with Crippen LogP contribution in [0.3, 0.4) is 0 Å². The molecule has 1 aliphatic rings. The number of methoxy groups -OCH3 is 1. The second-order valence-electron chi connectivity index (χ2n) is 7.08. The van der Waals surface area contributed by atoms with Crippen molar-refractivity contribution in [2.45, 2.75) is 19.0 Å². The number of nitrogens with two attached hydrogens (primary N) is 1. The molecule has 2 aromatic rings. The summed E-state index contributed by atoms with van der Waals surface area (Å²) in [6.07, 6.45) is 1.07. The van der Waals surface area contributed by atoms with Crippen molar-refractivity contribution in [1.29, 1.82) is 0 Å². The number of nitrogens with zero attached hydrogens (tertiary/aromatic N) is 1. The van der Waals surface area contributed by atoms with Gasteiger partial charge in [0.15, 0.2) is 11.5 Å². The number of ether oxygens (including phenoxy) is 2. The van der Waals surface area contributed by atoms with Gasteiger partial charge >= 0.3 is 0 Å². The summed E-state index contributed by atoms with van der Waals surface area (Å²) in [5.41, 5.74) is 6.69. The van der Waals surface area contributed by atoms with Gasteiger partial charge in [-0.1, -0.05) is 28.1 Å². The smallest absolute Gasteiger partial charge is 0.256 e. The van der Waals surface area contributed by atoms with Crippen LogP contribution in [0.5, 0.6) is 11.5 Å². The first-order valence-electron chi connectivity index (χ1n) is 9.39. The highest BCUT2D eigenvalue weighted by molar-refractivity contribution is 9.10. The van der Waals surface area contributed by atoms with Gasteiger partial charge in [-0.15, -0.1) is 0 Å². The van der Waals surface area contributed by atoms with E-state index < -0.39 is 39.5 Å². The minimum atomic E-state index is -3.56. The van der Waals surface area contributed by atoms with Gasteiger partial charge in [-0.2, -0.15) is 0 Å². The van der Waals surface area contributed by atoms with Crippen LogP contribution in [0.25, 0.3) is 0 Å². The van der Waals surface area contributed by atoms with Crippen molar-refractivity contribution in [2.24, 2.45) is 5.73 Å². The van der Waals surface area contributed by atoms with Gasteiger partial charge < -0.3 is 20.1 Å². The summed E-state index contributed by atoms with van der Waals surface area (Å²) < 4.78 is 36.0. The van der Waals surface area contributed by atoms with E-state index >= 15 is 0 Å². The molecule has 0 aliphatic carbocycles. The lowest BCUT2D eigenvalue weighted by molar-refractivity contribution is -0.123. The van der Waals surface area contributed by atoms with Crippen molar-refractivity contribution in [2.75, 3.05) is 25.7 Å². The number of hydrogen-bond acceptors (Lipinski definition) is 6. The maximum Gasteiger partial charge on any atom is 0.256 e. The second kappa shape index (κ2) is 8.88. The van der Waals surface area contributed by atoms with E-state index in [4.69, 9.17) is 15.2 Å². The second-order valence-corrected chi connectivity index (χ2v) is 10.1. The molecular formula is C21H22BrN2O6S. The average Bonchev–Trinajstić information content (AvgIpc) is 3.00. The van der Waals surface area contributed by atoms with E-state index in [0.29, 0.717) is 33.7 Å². The summed E-state index contributed by atoms with van der Waals surface area (Å²) in [7, 11) is -2.07. The standard InChI is InChI=1S/C21H22BrN2O6S/c1-4-30-17-10-12(8-9-16(17)29-2)15(11-31(3,27)28)24-19(20(23)25)18-13(21(24)26)6-5-7-14(18)22/h5,7-10,15,19H,4,11H2,1-3H3,(H2,23,25). The predicted molar refractivity (Wildman–Crippen MR) is 118 cm³/mol. The molecule has 8 nitrogen and oxygen atoms in total. The summed E-state index contributed by atoms with van der Waals surface area (Å²) in [5.74, 6) is -0.853. The van der Waals surface area contributed by atoms with Crippen LogP contribution >= 0.6 is 15.9 Å². The van der Waals surface area contributed by atoms with E-state index in [0.717, 1.165) is 6.26 Å². The number of carbonyl (C=O) groups is 2. The van der Waals surface area contributed by atoms with Crippen LogP contribution in [0.15, 0.2) is 34.8 Å².